The fraction of sp³-hybridized carbons (Fsp3) is 0.409. The maximum Gasteiger partial charge on any atom is 0.511 e. The smallest absolute Gasteiger partial charge is 0.493 e. The number of piperazine rings is 1. The number of halogens is 2. The average molecular weight is 919 g/mol. The summed E-state index contributed by atoms with van der Waals surface area (Å²) in [6.07, 6.45) is 1.08. The Kier molecular flexibility index (Phi) is 14.3. The molecule has 2 N–H and O–H groups in total. The van der Waals surface area contributed by atoms with Crippen molar-refractivity contribution in [3.05, 3.63) is 113 Å². The molecule has 0 bridgehead atoms. The molecule has 20 nitrogen and oxygen atoms in total. The van der Waals surface area contributed by atoms with Gasteiger partial charge >= 0.3 is 29.8 Å². The van der Waals surface area contributed by atoms with Gasteiger partial charge in [0.1, 0.15) is 48.1 Å². The van der Waals surface area contributed by atoms with Crippen LogP contribution in [0.5, 0.6) is 5.75 Å². The number of hydrogen-bond donors (Lipinski definition) is 2. The Morgan fingerprint density at radius 2 is 1.48 bits per heavy atom. The van der Waals surface area contributed by atoms with E-state index in [2.05, 4.69) is 29.7 Å². The molecule has 7 rings (SSSR count). The van der Waals surface area contributed by atoms with Gasteiger partial charge in [-0.1, -0.05) is 13.0 Å². The van der Waals surface area contributed by atoms with Gasteiger partial charge in [-0.2, -0.15) is 10.2 Å². The van der Waals surface area contributed by atoms with Crippen LogP contribution in [0.3, 0.4) is 0 Å². The Morgan fingerprint density at radius 1 is 0.848 bits per heavy atom. The standard InChI is InChI=1S/C44H48F2N8O12/c1-4-37(27(2)64-43(61)66-28(3)65-41(59)38(39(55)56)40(57)58)54-42(60)53(26-49-54)33-8-6-31(7-9-33)50-15-17-51(18-16-50)32-10-12-34(13-11-32)62-21-29-20-44(63-22-29,23-52-25-47-24-48-52)35-14-5-30(45)19-36(35)46/h5-14,19,24-29,37-38H,4,15-18,20-23H2,1-3H3,(H,55,56)(H,57,58)/t27-,28?,29+,37-,44-/m0/s1. The number of carbonyl (C=O) groups excluding carboxylic acids is 2. The normalized spacial score (nSPS) is 18.7. The molecule has 2 fully saturated rings. The van der Waals surface area contributed by atoms with E-state index in [1.807, 2.05) is 48.5 Å². The Balaban J connectivity index is 0.883. The third-order valence-electron chi connectivity index (χ3n) is 11.5. The number of carboxylic acids is 2. The van der Waals surface area contributed by atoms with Crippen molar-refractivity contribution in [2.45, 2.75) is 64.2 Å². The highest BCUT2D eigenvalue weighted by Gasteiger charge is 2.45. The van der Waals surface area contributed by atoms with Gasteiger partial charge in [0.15, 0.2) is 0 Å². The highest BCUT2D eigenvalue weighted by Crippen LogP contribution is 2.42. The molecule has 2 saturated heterocycles. The molecule has 1 unspecified atom stereocenters. The van der Waals surface area contributed by atoms with Crippen LogP contribution >= 0.6 is 0 Å². The van der Waals surface area contributed by atoms with Gasteiger partial charge in [-0.25, -0.2) is 37.3 Å². The van der Waals surface area contributed by atoms with Crippen LogP contribution in [0, 0.1) is 23.5 Å². The van der Waals surface area contributed by atoms with Crippen molar-refractivity contribution in [3.63, 3.8) is 0 Å². The number of ether oxygens (including phenoxy) is 5. The summed E-state index contributed by atoms with van der Waals surface area (Å²) < 4.78 is 60.1. The molecule has 0 radical (unpaired) electrons. The van der Waals surface area contributed by atoms with E-state index in [0.29, 0.717) is 37.5 Å². The predicted molar refractivity (Wildman–Crippen MR) is 227 cm³/mol. The van der Waals surface area contributed by atoms with E-state index in [0.717, 1.165) is 50.5 Å². The Bertz CT molecular complexity index is 2530. The van der Waals surface area contributed by atoms with E-state index < -0.39 is 71.3 Å². The summed E-state index contributed by atoms with van der Waals surface area (Å²) in [6.45, 7) is 8.21. The van der Waals surface area contributed by atoms with Crippen molar-refractivity contribution < 1.29 is 61.9 Å². The van der Waals surface area contributed by atoms with Crippen LogP contribution in [0.2, 0.25) is 0 Å². The van der Waals surface area contributed by atoms with Crippen molar-refractivity contribution in [2.75, 3.05) is 49.2 Å². The summed E-state index contributed by atoms with van der Waals surface area (Å²) in [7, 11) is 0. The minimum atomic E-state index is -2.51. The van der Waals surface area contributed by atoms with Crippen molar-refractivity contribution in [1.82, 2.24) is 29.1 Å². The van der Waals surface area contributed by atoms with Gasteiger partial charge in [-0.05, 0) is 74.4 Å². The number of carboxylic acid groups (broad SMARTS) is 2. The number of benzene rings is 3. The first-order chi connectivity index (χ1) is 31.6. The third-order valence-corrected chi connectivity index (χ3v) is 11.5. The van der Waals surface area contributed by atoms with Crippen molar-refractivity contribution in [1.29, 1.82) is 0 Å². The molecule has 2 aliphatic heterocycles. The minimum Gasteiger partial charge on any atom is -0.493 e. The highest BCUT2D eigenvalue weighted by molar-refractivity contribution is 6.11. The second-order valence-corrected chi connectivity index (χ2v) is 15.9. The Morgan fingerprint density at radius 3 is 2.08 bits per heavy atom. The molecule has 3 aromatic carbocycles. The van der Waals surface area contributed by atoms with Gasteiger partial charge in [-0.15, -0.1) is 0 Å². The van der Waals surface area contributed by atoms with Gasteiger partial charge in [0.05, 0.1) is 31.5 Å². The molecule has 0 aliphatic carbocycles. The van der Waals surface area contributed by atoms with E-state index in [9.17, 15) is 28.4 Å². The lowest BCUT2D eigenvalue weighted by atomic mass is 9.87. The molecule has 5 atom stereocenters. The second kappa shape index (κ2) is 20.2. The fourth-order valence-corrected chi connectivity index (χ4v) is 8.18. The molecule has 66 heavy (non-hydrogen) atoms. The molecule has 4 heterocycles. The summed E-state index contributed by atoms with van der Waals surface area (Å²) in [5.41, 5.74) is 1.28. The lowest BCUT2D eigenvalue weighted by Gasteiger charge is -2.37. The summed E-state index contributed by atoms with van der Waals surface area (Å²) in [6, 6.07) is 18.1. The number of nitrogens with zero attached hydrogens (tertiary/aromatic N) is 8. The first-order valence-electron chi connectivity index (χ1n) is 21.1. The van der Waals surface area contributed by atoms with Crippen molar-refractivity contribution >= 4 is 35.4 Å². The third kappa shape index (κ3) is 10.6. The van der Waals surface area contributed by atoms with Crippen LogP contribution in [-0.4, -0.2) is 115 Å². The molecule has 22 heteroatoms. The quantitative estimate of drug-likeness (QED) is 0.0704. The molecular formula is C44H48F2N8O12. The SMILES string of the molecule is CC[C@@H]([C@H](C)OC(=O)OC(C)OC(=O)C(C(=O)O)C(=O)O)n1ncn(-c2ccc(N3CCN(c4ccc(OC[C@@H]5CO[C@@](Cn6cncn6)(c6ccc(F)cc6F)C5)cc4)CC3)cc2)c1=O. The number of aliphatic carboxylic acids is 2. The molecule has 0 amide bonds. The summed E-state index contributed by atoms with van der Waals surface area (Å²) >= 11 is 0. The van der Waals surface area contributed by atoms with E-state index in [1.165, 1.54) is 47.3 Å². The van der Waals surface area contributed by atoms with Crippen LogP contribution in [0.15, 0.2) is 90.5 Å². The maximum absolute atomic E-state index is 15.0. The number of esters is 1. The van der Waals surface area contributed by atoms with Crippen molar-refractivity contribution in [2.24, 2.45) is 11.8 Å². The molecule has 0 saturated carbocycles. The van der Waals surface area contributed by atoms with Gasteiger partial charge in [-0.3, -0.25) is 14.4 Å². The molecule has 0 spiro atoms. The zero-order valence-corrected chi connectivity index (χ0v) is 36.1. The zero-order valence-electron chi connectivity index (χ0n) is 36.1. The molecular weight excluding hydrogens is 871 g/mol. The topological polar surface area (TPSA) is 232 Å². The summed E-state index contributed by atoms with van der Waals surface area (Å²) in [5.74, 6) is -8.77. The van der Waals surface area contributed by atoms with E-state index in [4.69, 9.17) is 29.2 Å². The second-order valence-electron chi connectivity index (χ2n) is 15.9. The van der Waals surface area contributed by atoms with Crippen LogP contribution < -0.4 is 20.2 Å². The van der Waals surface area contributed by atoms with E-state index >= 15 is 4.39 Å². The maximum atomic E-state index is 15.0. The zero-order chi connectivity index (χ0) is 47.1. The number of aromatic nitrogens is 6. The monoisotopic (exact) mass is 918 g/mol. The van der Waals surface area contributed by atoms with E-state index in [-0.39, 0.29) is 18.0 Å². The lowest BCUT2D eigenvalue weighted by Crippen LogP contribution is -2.46. The first-order valence-corrected chi connectivity index (χ1v) is 21.1. The highest BCUT2D eigenvalue weighted by atomic mass is 19.1. The van der Waals surface area contributed by atoms with Crippen LogP contribution in [-0.2, 0) is 45.5 Å². The number of carbonyl (C=O) groups is 4. The van der Waals surface area contributed by atoms with Crippen LogP contribution in [0.4, 0.5) is 25.0 Å². The Labute approximate surface area is 375 Å². The lowest BCUT2D eigenvalue weighted by molar-refractivity contribution is -0.181. The molecule has 5 aromatic rings. The van der Waals surface area contributed by atoms with Gasteiger partial charge in [0.25, 0.3) is 5.92 Å². The number of hydrogen-bond acceptors (Lipinski definition) is 15. The summed E-state index contributed by atoms with van der Waals surface area (Å²) in [5, 5.41) is 26.3. The number of anilines is 2. The summed E-state index contributed by atoms with van der Waals surface area (Å²) in [4.78, 5) is 68.6. The van der Waals surface area contributed by atoms with Gasteiger partial charge in [0.2, 0.25) is 6.29 Å². The average Bonchev–Trinajstić information content (AvgIpc) is 4.04. The van der Waals surface area contributed by atoms with Gasteiger partial charge in [0, 0.05) is 62.0 Å². The largest absolute Gasteiger partial charge is 0.511 e. The molecule has 2 aliphatic rings. The van der Waals surface area contributed by atoms with E-state index in [1.54, 1.807) is 11.6 Å². The molecule has 2 aromatic heterocycles. The fourth-order valence-electron chi connectivity index (χ4n) is 8.18. The number of rotatable bonds is 18. The van der Waals surface area contributed by atoms with Gasteiger partial charge < -0.3 is 43.7 Å². The first kappa shape index (κ1) is 46.6. The minimum absolute atomic E-state index is 0.0601. The molecule has 350 valence electrons. The van der Waals surface area contributed by atoms with Crippen LogP contribution in [0.25, 0.3) is 5.69 Å². The van der Waals surface area contributed by atoms with Crippen molar-refractivity contribution in [3.8, 4) is 11.4 Å². The predicted octanol–water partition coefficient (Wildman–Crippen LogP) is 4.41. The Hall–Kier alpha value is -7.36. The van der Waals surface area contributed by atoms with Crippen LogP contribution in [0.1, 0.15) is 45.2 Å².